The highest BCUT2D eigenvalue weighted by atomic mass is 16.2. The molecule has 2 amide bonds. The van der Waals surface area contributed by atoms with E-state index < -0.39 is 0 Å². The molecule has 1 aromatic rings. The van der Waals surface area contributed by atoms with Crippen molar-refractivity contribution in [3.05, 3.63) is 29.8 Å². The van der Waals surface area contributed by atoms with Gasteiger partial charge in [-0.2, -0.15) is 0 Å². The summed E-state index contributed by atoms with van der Waals surface area (Å²) in [5.41, 5.74) is 2.25. The summed E-state index contributed by atoms with van der Waals surface area (Å²) in [6.07, 6.45) is 3.59. The van der Waals surface area contributed by atoms with Crippen molar-refractivity contribution in [2.24, 2.45) is 0 Å². The monoisotopic (exact) mass is 331 g/mol. The molecule has 0 atom stereocenters. The van der Waals surface area contributed by atoms with E-state index in [0.29, 0.717) is 26.1 Å². The van der Waals surface area contributed by atoms with Crippen molar-refractivity contribution in [3.63, 3.8) is 0 Å². The molecule has 1 fully saturated rings. The predicted molar refractivity (Wildman–Crippen MR) is 96.9 cm³/mol. The fourth-order valence-electron chi connectivity index (χ4n) is 2.97. The SMILES string of the molecule is CCN(Cc1ccc(N(C)C)cc1)C(=O)CN1CCCCCC1=O. The third-order valence-corrected chi connectivity index (χ3v) is 4.56. The van der Waals surface area contributed by atoms with Crippen LogP contribution in [-0.4, -0.2) is 55.3 Å². The zero-order valence-corrected chi connectivity index (χ0v) is 15.1. The van der Waals surface area contributed by atoms with E-state index in [1.165, 1.54) is 0 Å². The standard InChI is InChI=1S/C19H29N3O2/c1-4-21(14-16-9-11-17(12-10-16)20(2)3)19(24)15-22-13-7-5-6-8-18(22)23/h9-12H,4-8,13-15H2,1-3H3. The third-order valence-electron chi connectivity index (χ3n) is 4.56. The first-order valence-corrected chi connectivity index (χ1v) is 8.83. The number of amides is 2. The first-order valence-electron chi connectivity index (χ1n) is 8.83. The molecule has 0 unspecified atom stereocenters. The van der Waals surface area contributed by atoms with E-state index in [1.54, 1.807) is 4.90 Å². The highest BCUT2D eigenvalue weighted by Gasteiger charge is 2.21. The average Bonchev–Trinajstić information content (AvgIpc) is 2.77. The summed E-state index contributed by atoms with van der Waals surface area (Å²) in [6, 6.07) is 8.24. The van der Waals surface area contributed by atoms with E-state index in [-0.39, 0.29) is 18.4 Å². The fraction of sp³-hybridized carbons (Fsp3) is 0.579. The molecule has 24 heavy (non-hydrogen) atoms. The number of hydrogen-bond acceptors (Lipinski definition) is 3. The molecule has 0 N–H and O–H groups in total. The minimum Gasteiger partial charge on any atom is -0.378 e. The summed E-state index contributed by atoms with van der Waals surface area (Å²) >= 11 is 0. The minimum atomic E-state index is 0.0319. The van der Waals surface area contributed by atoms with Gasteiger partial charge in [0.05, 0.1) is 6.54 Å². The molecule has 1 heterocycles. The van der Waals surface area contributed by atoms with Crippen LogP contribution in [0.3, 0.4) is 0 Å². The van der Waals surface area contributed by atoms with Crippen molar-refractivity contribution in [1.29, 1.82) is 0 Å². The Balaban J connectivity index is 1.96. The molecule has 132 valence electrons. The van der Waals surface area contributed by atoms with Gasteiger partial charge in [0.15, 0.2) is 0 Å². The van der Waals surface area contributed by atoms with Crippen LogP contribution in [0.15, 0.2) is 24.3 Å². The quantitative estimate of drug-likeness (QED) is 0.804. The van der Waals surface area contributed by atoms with Gasteiger partial charge in [-0.05, 0) is 37.5 Å². The van der Waals surface area contributed by atoms with Gasteiger partial charge in [0.25, 0.3) is 0 Å². The summed E-state index contributed by atoms with van der Waals surface area (Å²) < 4.78 is 0. The summed E-state index contributed by atoms with van der Waals surface area (Å²) in [7, 11) is 4.02. The second-order valence-corrected chi connectivity index (χ2v) is 6.59. The number of carbonyl (C=O) groups excluding carboxylic acids is 2. The minimum absolute atomic E-state index is 0.0319. The Morgan fingerprint density at radius 1 is 1.12 bits per heavy atom. The van der Waals surface area contributed by atoms with Gasteiger partial charge in [-0.25, -0.2) is 0 Å². The molecule has 1 aliphatic rings. The molecule has 1 aliphatic heterocycles. The molecule has 0 aromatic heterocycles. The Morgan fingerprint density at radius 2 is 1.83 bits per heavy atom. The van der Waals surface area contributed by atoms with Crippen LogP contribution in [0.2, 0.25) is 0 Å². The van der Waals surface area contributed by atoms with E-state index in [9.17, 15) is 9.59 Å². The van der Waals surface area contributed by atoms with Crippen LogP contribution in [-0.2, 0) is 16.1 Å². The average molecular weight is 331 g/mol. The van der Waals surface area contributed by atoms with Gasteiger partial charge in [-0.1, -0.05) is 18.6 Å². The molecule has 5 heteroatoms. The van der Waals surface area contributed by atoms with E-state index in [4.69, 9.17) is 0 Å². The lowest BCUT2D eigenvalue weighted by Gasteiger charge is -2.26. The van der Waals surface area contributed by atoms with Gasteiger partial charge in [-0.3, -0.25) is 9.59 Å². The highest BCUT2D eigenvalue weighted by molar-refractivity contribution is 5.85. The second kappa shape index (κ2) is 8.71. The van der Waals surface area contributed by atoms with Crippen LogP contribution in [0.25, 0.3) is 0 Å². The summed E-state index contributed by atoms with van der Waals surface area (Å²) in [6.45, 7) is 4.14. The van der Waals surface area contributed by atoms with Gasteiger partial charge < -0.3 is 14.7 Å². The smallest absolute Gasteiger partial charge is 0.242 e. The maximum Gasteiger partial charge on any atom is 0.242 e. The van der Waals surface area contributed by atoms with Crippen LogP contribution in [0.1, 0.15) is 38.2 Å². The largest absolute Gasteiger partial charge is 0.378 e. The highest BCUT2D eigenvalue weighted by Crippen LogP contribution is 2.15. The molecule has 0 spiro atoms. The molecular weight excluding hydrogens is 302 g/mol. The van der Waals surface area contributed by atoms with Crippen molar-refractivity contribution in [2.45, 2.75) is 39.2 Å². The van der Waals surface area contributed by atoms with E-state index in [0.717, 1.165) is 30.5 Å². The number of nitrogens with zero attached hydrogens (tertiary/aromatic N) is 3. The predicted octanol–water partition coefficient (Wildman–Crippen LogP) is 2.50. The molecule has 0 radical (unpaired) electrons. The van der Waals surface area contributed by atoms with Gasteiger partial charge in [0.2, 0.25) is 11.8 Å². The lowest BCUT2D eigenvalue weighted by atomic mass is 10.2. The summed E-state index contributed by atoms with van der Waals surface area (Å²) in [4.78, 5) is 30.3. The van der Waals surface area contributed by atoms with E-state index >= 15 is 0 Å². The Bertz CT molecular complexity index is 554. The summed E-state index contributed by atoms with van der Waals surface area (Å²) in [5.74, 6) is 0.150. The van der Waals surface area contributed by atoms with Gasteiger partial charge in [0.1, 0.15) is 0 Å². The number of carbonyl (C=O) groups is 2. The van der Waals surface area contributed by atoms with Crippen LogP contribution in [0.4, 0.5) is 5.69 Å². The maximum atomic E-state index is 12.6. The maximum absolute atomic E-state index is 12.6. The van der Waals surface area contributed by atoms with Crippen molar-refractivity contribution >= 4 is 17.5 Å². The molecule has 1 saturated heterocycles. The molecule has 5 nitrogen and oxygen atoms in total. The number of hydrogen-bond donors (Lipinski definition) is 0. The first kappa shape index (κ1) is 18.3. The van der Waals surface area contributed by atoms with Gasteiger partial charge in [-0.15, -0.1) is 0 Å². The van der Waals surface area contributed by atoms with Crippen molar-refractivity contribution < 1.29 is 9.59 Å². The Labute approximate surface area is 145 Å². The Hall–Kier alpha value is -2.04. The normalized spacial score (nSPS) is 15.1. The number of likely N-dealkylation sites (tertiary alicyclic amines) is 1. The van der Waals surface area contributed by atoms with Crippen molar-refractivity contribution in [3.8, 4) is 0 Å². The Kier molecular flexibility index (Phi) is 6.64. The number of benzene rings is 1. The molecule has 0 saturated carbocycles. The summed E-state index contributed by atoms with van der Waals surface area (Å²) in [5, 5.41) is 0. The molecule has 1 aromatic carbocycles. The molecule has 0 aliphatic carbocycles. The van der Waals surface area contributed by atoms with Crippen LogP contribution in [0.5, 0.6) is 0 Å². The van der Waals surface area contributed by atoms with E-state index in [1.807, 2.05) is 25.9 Å². The fourth-order valence-corrected chi connectivity index (χ4v) is 2.97. The van der Waals surface area contributed by atoms with E-state index in [2.05, 4.69) is 29.2 Å². The zero-order valence-electron chi connectivity index (χ0n) is 15.1. The number of anilines is 1. The lowest BCUT2D eigenvalue weighted by Crippen LogP contribution is -2.42. The molecular formula is C19H29N3O2. The van der Waals surface area contributed by atoms with Crippen LogP contribution >= 0.6 is 0 Å². The first-order chi connectivity index (χ1) is 11.5. The van der Waals surface area contributed by atoms with Gasteiger partial charge >= 0.3 is 0 Å². The zero-order chi connectivity index (χ0) is 17.5. The molecule has 0 bridgehead atoms. The second-order valence-electron chi connectivity index (χ2n) is 6.59. The lowest BCUT2D eigenvalue weighted by molar-refractivity contribution is -0.140. The molecule has 2 rings (SSSR count). The van der Waals surface area contributed by atoms with Crippen LogP contribution in [0, 0.1) is 0 Å². The van der Waals surface area contributed by atoms with Crippen LogP contribution < -0.4 is 4.90 Å². The number of rotatable bonds is 6. The third kappa shape index (κ3) is 4.98. The van der Waals surface area contributed by atoms with Gasteiger partial charge in [0, 0.05) is 45.8 Å². The topological polar surface area (TPSA) is 43.9 Å². The van der Waals surface area contributed by atoms with Crippen molar-refractivity contribution in [1.82, 2.24) is 9.80 Å². The Morgan fingerprint density at radius 3 is 2.46 bits per heavy atom. The van der Waals surface area contributed by atoms with Crippen molar-refractivity contribution in [2.75, 3.05) is 38.6 Å². The number of likely N-dealkylation sites (N-methyl/N-ethyl adjacent to an activating group) is 1.